The molecule has 2 aromatic heterocycles. The molecule has 0 aliphatic heterocycles. The van der Waals surface area contributed by atoms with Gasteiger partial charge in [-0.2, -0.15) is 4.98 Å². The lowest BCUT2D eigenvalue weighted by Crippen LogP contribution is -2.33. The van der Waals surface area contributed by atoms with Crippen molar-refractivity contribution in [2.75, 3.05) is 36.9 Å². The molecule has 0 aromatic carbocycles. The van der Waals surface area contributed by atoms with Gasteiger partial charge in [-0.3, -0.25) is 4.79 Å². The Morgan fingerprint density at radius 2 is 1.92 bits per heavy atom. The third-order valence-corrected chi connectivity index (χ3v) is 3.25. The highest BCUT2D eigenvalue weighted by Gasteiger charge is 2.05. The molecule has 2 heterocycles. The predicted molar refractivity (Wildman–Crippen MR) is 99.3 cm³/mol. The van der Waals surface area contributed by atoms with Crippen LogP contribution in [0, 0.1) is 13.8 Å². The van der Waals surface area contributed by atoms with Gasteiger partial charge >= 0.3 is 6.01 Å². The number of amides is 1. The quantitative estimate of drug-likeness (QED) is 0.544. The standard InChI is InChI=1S/C17H25N7O2/c1-4-6-18-14-10-13(3)22-16(24-14)20-9-8-19-15(25)11-26-17-21-7-5-12(2)23-17/h5,7,10H,4,6,8-9,11H2,1-3H3,(H,19,25)(H2,18,20,22,24). The Balaban J connectivity index is 1.69. The largest absolute Gasteiger partial charge is 0.453 e. The number of nitrogens with one attached hydrogen (secondary N) is 3. The zero-order chi connectivity index (χ0) is 18.8. The third-order valence-electron chi connectivity index (χ3n) is 3.25. The fourth-order valence-electron chi connectivity index (χ4n) is 2.04. The van der Waals surface area contributed by atoms with E-state index in [0.717, 1.165) is 30.2 Å². The minimum absolute atomic E-state index is 0.129. The molecule has 2 rings (SSSR count). The Labute approximate surface area is 153 Å². The maximum Gasteiger partial charge on any atom is 0.317 e. The topological polar surface area (TPSA) is 114 Å². The van der Waals surface area contributed by atoms with Crippen molar-refractivity contribution < 1.29 is 9.53 Å². The smallest absolute Gasteiger partial charge is 0.317 e. The van der Waals surface area contributed by atoms with Crippen LogP contribution in [0.1, 0.15) is 24.7 Å². The van der Waals surface area contributed by atoms with Crippen molar-refractivity contribution in [3.63, 3.8) is 0 Å². The maximum absolute atomic E-state index is 11.8. The summed E-state index contributed by atoms with van der Waals surface area (Å²) in [6, 6.07) is 3.85. The number of hydrogen-bond donors (Lipinski definition) is 3. The number of aromatic nitrogens is 4. The molecule has 9 heteroatoms. The van der Waals surface area contributed by atoms with Crippen molar-refractivity contribution in [2.24, 2.45) is 0 Å². The molecule has 0 fully saturated rings. The molecule has 0 saturated heterocycles. The van der Waals surface area contributed by atoms with Crippen LogP contribution in [0.2, 0.25) is 0 Å². The van der Waals surface area contributed by atoms with Gasteiger partial charge in [-0.15, -0.1) is 0 Å². The van der Waals surface area contributed by atoms with E-state index in [1.165, 1.54) is 0 Å². The zero-order valence-corrected chi connectivity index (χ0v) is 15.4. The van der Waals surface area contributed by atoms with Gasteiger partial charge in [-0.05, 0) is 26.3 Å². The van der Waals surface area contributed by atoms with Gasteiger partial charge in [0.2, 0.25) is 5.95 Å². The molecular formula is C17H25N7O2. The number of ether oxygens (including phenoxy) is 1. The van der Waals surface area contributed by atoms with Crippen molar-refractivity contribution >= 4 is 17.7 Å². The number of rotatable bonds is 10. The molecule has 0 radical (unpaired) electrons. The van der Waals surface area contributed by atoms with Crippen LogP contribution >= 0.6 is 0 Å². The van der Waals surface area contributed by atoms with Gasteiger partial charge in [0.15, 0.2) is 6.61 Å². The first kappa shape index (κ1) is 19.4. The lowest BCUT2D eigenvalue weighted by atomic mass is 10.4. The number of aryl methyl sites for hydroxylation is 2. The molecular weight excluding hydrogens is 334 g/mol. The Morgan fingerprint density at radius 3 is 2.69 bits per heavy atom. The van der Waals surface area contributed by atoms with E-state index in [0.29, 0.717) is 19.0 Å². The lowest BCUT2D eigenvalue weighted by molar-refractivity contribution is -0.123. The van der Waals surface area contributed by atoms with E-state index in [1.54, 1.807) is 12.3 Å². The van der Waals surface area contributed by atoms with Crippen LogP contribution in [0.3, 0.4) is 0 Å². The van der Waals surface area contributed by atoms with E-state index in [2.05, 4.69) is 42.8 Å². The molecule has 140 valence electrons. The van der Waals surface area contributed by atoms with Gasteiger partial charge in [0, 0.05) is 43.3 Å². The highest BCUT2D eigenvalue weighted by molar-refractivity contribution is 5.77. The Kier molecular flexibility index (Phi) is 7.53. The normalized spacial score (nSPS) is 10.3. The number of carbonyl (C=O) groups is 1. The summed E-state index contributed by atoms with van der Waals surface area (Å²) in [7, 11) is 0. The second-order valence-electron chi connectivity index (χ2n) is 5.69. The average molecular weight is 359 g/mol. The molecule has 3 N–H and O–H groups in total. The van der Waals surface area contributed by atoms with Crippen LogP contribution in [-0.2, 0) is 4.79 Å². The summed E-state index contributed by atoms with van der Waals surface area (Å²) in [5.74, 6) is 1.08. The first-order valence-electron chi connectivity index (χ1n) is 8.59. The van der Waals surface area contributed by atoms with E-state index < -0.39 is 0 Å². The summed E-state index contributed by atoms with van der Waals surface area (Å²) in [5, 5.41) is 9.08. The average Bonchev–Trinajstić information content (AvgIpc) is 2.61. The number of anilines is 2. The Hall–Kier alpha value is -2.97. The van der Waals surface area contributed by atoms with Crippen molar-refractivity contribution in [1.29, 1.82) is 0 Å². The molecule has 0 atom stereocenters. The summed E-state index contributed by atoms with van der Waals surface area (Å²) in [6.07, 6.45) is 2.61. The molecule has 0 aliphatic carbocycles. The van der Waals surface area contributed by atoms with Crippen molar-refractivity contribution in [3.8, 4) is 6.01 Å². The minimum Gasteiger partial charge on any atom is -0.453 e. The number of nitrogens with zero attached hydrogens (tertiary/aromatic N) is 4. The van der Waals surface area contributed by atoms with Gasteiger partial charge in [0.1, 0.15) is 5.82 Å². The maximum atomic E-state index is 11.8. The second-order valence-corrected chi connectivity index (χ2v) is 5.69. The molecule has 0 unspecified atom stereocenters. The highest BCUT2D eigenvalue weighted by atomic mass is 16.5. The number of hydrogen-bond acceptors (Lipinski definition) is 8. The zero-order valence-electron chi connectivity index (χ0n) is 15.4. The predicted octanol–water partition coefficient (Wildman–Crippen LogP) is 1.31. The van der Waals surface area contributed by atoms with E-state index >= 15 is 0 Å². The van der Waals surface area contributed by atoms with E-state index in [9.17, 15) is 4.79 Å². The van der Waals surface area contributed by atoms with Gasteiger partial charge in [0.05, 0.1) is 0 Å². The lowest BCUT2D eigenvalue weighted by Gasteiger charge is -2.10. The molecule has 1 amide bonds. The van der Waals surface area contributed by atoms with Crippen LogP contribution in [0.25, 0.3) is 0 Å². The summed E-state index contributed by atoms with van der Waals surface area (Å²) in [4.78, 5) is 28.5. The first-order valence-corrected chi connectivity index (χ1v) is 8.59. The highest BCUT2D eigenvalue weighted by Crippen LogP contribution is 2.09. The van der Waals surface area contributed by atoms with Gasteiger partial charge in [-0.25, -0.2) is 15.0 Å². The van der Waals surface area contributed by atoms with Gasteiger partial charge < -0.3 is 20.7 Å². The molecule has 0 spiro atoms. The van der Waals surface area contributed by atoms with Crippen molar-refractivity contribution in [2.45, 2.75) is 27.2 Å². The van der Waals surface area contributed by atoms with Crippen molar-refractivity contribution in [3.05, 3.63) is 29.7 Å². The summed E-state index contributed by atoms with van der Waals surface area (Å²) >= 11 is 0. The fourth-order valence-corrected chi connectivity index (χ4v) is 2.04. The number of carbonyl (C=O) groups excluding carboxylic acids is 1. The van der Waals surface area contributed by atoms with Crippen LogP contribution in [0.5, 0.6) is 6.01 Å². The van der Waals surface area contributed by atoms with Crippen LogP contribution in [0.4, 0.5) is 11.8 Å². The molecule has 0 saturated carbocycles. The van der Waals surface area contributed by atoms with Crippen LogP contribution in [0.15, 0.2) is 18.3 Å². The molecule has 0 aliphatic rings. The second kappa shape index (κ2) is 10.1. The van der Waals surface area contributed by atoms with Crippen LogP contribution < -0.4 is 20.7 Å². The molecule has 2 aromatic rings. The monoisotopic (exact) mass is 359 g/mol. The Morgan fingerprint density at radius 1 is 1.08 bits per heavy atom. The van der Waals surface area contributed by atoms with Crippen molar-refractivity contribution in [1.82, 2.24) is 25.3 Å². The summed E-state index contributed by atoms with van der Waals surface area (Å²) in [6.45, 7) is 7.49. The summed E-state index contributed by atoms with van der Waals surface area (Å²) in [5.41, 5.74) is 1.65. The summed E-state index contributed by atoms with van der Waals surface area (Å²) < 4.78 is 5.25. The SMILES string of the molecule is CCCNc1cc(C)nc(NCCNC(=O)COc2nccc(C)n2)n1. The van der Waals surface area contributed by atoms with Gasteiger partial charge in [0.25, 0.3) is 5.91 Å². The molecule has 0 bridgehead atoms. The van der Waals surface area contributed by atoms with Crippen LogP contribution in [-0.4, -0.2) is 52.1 Å². The van der Waals surface area contributed by atoms with E-state index in [1.807, 2.05) is 19.9 Å². The fraction of sp³-hybridized carbons (Fsp3) is 0.471. The molecule has 9 nitrogen and oxygen atoms in total. The third kappa shape index (κ3) is 6.88. The minimum atomic E-state index is -0.243. The van der Waals surface area contributed by atoms with Gasteiger partial charge in [-0.1, -0.05) is 6.92 Å². The molecule has 26 heavy (non-hydrogen) atoms. The Bertz CT molecular complexity index is 724. The van der Waals surface area contributed by atoms with E-state index in [4.69, 9.17) is 4.74 Å². The first-order chi connectivity index (χ1) is 12.6. The van der Waals surface area contributed by atoms with E-state index in [-0.39, 0.29) is 18.5 Å².